The molecule has 22 heavy (non-hydrogen) atoms. The van der Waals surface area contributed by atoms with Crippen LogP contribution in [0.4, 0.5) is 0 Å². The molecular weight excluding hydrogens is 300 g/mol. The predicted molar refractivity (Wildman–Crippen MR) is 84.8 cm³/mol. The molecule has 0 atom stereocenters. The maximum atomic E-state index is 12.6. The van der Waals surface area contributed by atoms with Gasteiger partial charge in [0.05, 0.1) is 16.1 Å². The number of benzene rings is 2. The molecule has 0 aromatic heterocycles. The van der Waals surface area contributed by atoms with Gasteiger partial charge in [-0.05, 0) is 54.4 Å². The SMILES string of the molecule is C=COc1ccc(S(=O)(=O)c2ccc(O)c(CCC)c2)cc1. The van der Waals surface area contributed by atoms with Crippen molar-refractivity contribution in [1.29, 1.82) is 0 Å². The Kier molecular flexibility index (Phi) is 4.88. The van der Waals surface area contributed by atoms with Crippen molar-refractivity contribution in [3.05, 3.63) is 60.9 Å². The lowest BCUT2D eigenvalue weighted by atomic mass is 10.1. The van der Waals surface area contributed by atoms with Crippen LogP contribution in [0.1, 0.15) is 18.9 Å². The van der Waals surface area contributed by atoms with Gasteiger partial charge in [-0.1, -0.05) is 19.9 Å². The number of phenols is 1. The van der Waals surface area contributed by atoms with E-state index >= 15 is 0 Å². The van der Waals surface area contributed by atoms with Crippen LogP contribution in [0, 0.1) is 0 Å². The first-order valence-corrected chi connectivity index (χ1v) is 8.42. The van der Waals surface area contributed by atoms with Crippen molar-refractivity contribution >= 4 is 9.84 Å². The van der Waals surface area contributed by atoms with Crippen LogP contribution >= 0.6 is 0 Å². The van der Waals surface area contributed by atoms with Gasteiger partial charge < -0.3 is 9.84 Å². The fraction of sp³-hybridized carbons (Fsp3) is 0.176. The molecule has 0 saturated carbocycles. The van der Waals surface area contributed by atoms with Gasteiger partial charge in [-0.25, -0.2) is 8.42 Å². The second kappa shape index (κ2) is 6.66. The van der Waals surface area contributed by atoms with E-state index in [0.717, 1.165) is 6.42 Å². The molecule has 0 saturated heterocycles. The van der Waals surface area contributed by atoms with E-state index in [0.29, 0.717) is 17.7 Å². The molecule has 0 bridgehead atoms. The Bertz CT molecular complexity index is 762. The molecule has 1 N–H and O–H groups in total. The molecule has 0 unspecified atom stereocenters. The van der Waals surface area contributed by atoms with Crippen molar-refractivity contribution in [2.45, 2.75) is 29.6 Å². The molecule has 0 aliphatic carbocycles. The highest BCUT2D eigenvalue weighted by Crippen LogP contribution is 2.27. The molecule has 0 aliphatic heterocycles. The third-order valence-electron chi connectivity index (χ3n) is 3.23. The van der Waals surface area contributed by atoms with Crippen molar-refractivity contribution in [2.24, 2.45) is 0 Å². The maximum Gasteiger partial charge on any atom is 0.206 e. The average molecular weight is 318 g/mol. The van der Waals surface area contributed by atoms with Crippen molar-refractivity contribution in [1.82, 2.24) is 0 Å². The first-order chi connectivity index (χ1) is 10.5. The lowest BCUT2D eigenvalue weighted by Crippen LogP contribution is -2.03. The van der Waals surface area contributed by atoms with Crippen LogP contribution in [0.2, 0.25) is 0 Å². The van der Waals surface area contributed by atoms with Crippen LogP contribution in [-0.4, -0.2) is 13.5 Å². The number of ether oxygens (including phenoxy) is 1. The van der Waals surface area contributed by atoms with Gasteiger partial charge in [0.1, 0.15) is 11.5 Å². The third-order valence-corrected chi connectivity index (χ3v) is 5.00. The van der Waals surface area contributed by atoms with E-state index in [2.05, 4.69) is 6.58 Å². The van der Waals surface area contributed by atoms with Gasteiger partial charge in [-0.3, -0.25) is 0 Å². The first kappa shape index (κ1) is 16.1. The Hall–Kier alpha value is -2.27. The van der Waals surface area contributed by atoms with Crippen molar-refractivity contribution < 1.29 is 18.3 Å². The molecule has 0 radical (unpaired) electrons. The lowest BCUT2D eigenvalue weighted by molar-refractivity contribution is 0.467. The normalized spacial score (nSPS) is 11.1. The monoisotopic (exact) mass is 318 g/mol. The van der Waals surface area contributed by atoms with E-state index in [4.69, 9.17) is 4.74 Å². The van der Waals surface area contributed by atoms with Gasteiger partial charge in [0, 0.05) is 0 Å². The van der Waals surface area contributed by atoms with E-state index < -0.39 is 9.84 Å². The number of phenolic OH excluding ortho intramolecular Hbond substituents is 1. The lowest BCUT2D eigenvalue weighted by Gasteiger charge is -2.09. The molecule has 5 heteroatoms. The van der Waals surface area contributed by atoms with Gasteiger partial charge in [-0.2, -0.15) is 0 Å². The van der Waals surface area contributed by atoms with Crippen LogP contribution in [0.25, 0.3) is 0 Å². The minimum Gasteiger partial charge on any atom is -0.508 e. The van der Waals surface area contributed by atoms with Crippen molar-refractivity contribution in [3.63, 3.8) is 0 Å². The van der Waals surface area contributed by atoms with Gasteiger partial charge in [0.2, 0.25) is 9.84 Å². The minimum atomic E-state index is -3.62. The summed E-state index contributed by atoms with van der Waals surface area (Å²) in [6.45, 7) is 5.42. The summed E-state index contributed by atoms with van der Waals surface area (Å²) in [5, 5.41) is 9.78. The molecule has 4 nitrogen and oxygen atoms in total. The van der Waals surface area contributed by atoms with Crippen LogP contribution in [0.5, 0.6) is 11.5 Å². The van der Waals surface area contributed by atoms with Gasteiger partial charge in [0.25, 0.3) is 0 Å². The van der Waals surface area contributed by atoms with Crippen molar-refractivity contribution in [3.8, 4) is 11.5 Å². The predicted octanol–water partition coefficient (Wildman–Crippen LogP) is 3.70. The summed E-state index contributed by atoms with van der Waals surface area (Å²) in [5.74, 6) is 0.641. The summed E-state index contributed by atoms with van der Waals surface area (Å²) in [7, 11) is -3.62. The molecule has 0 amide bonds. The first-order valence-electron chi connectivity index (χ1n) is 6.93. The number of hydrogen-bond acceptors (Lipinski definition) is 4. The number of rotatable bonds is 6. The number of aryl methyl sites for hydroxylation is 1. The van der Waals surface area contributed by atoms with Crippen LogP contribution in [-0.2, 0) is 16.3 Å². The third kappa shape index (κ3) is 3.31. The highest BCUT2D eigenvalue weighted by Gasteiger charge is 2.19. The Morgan fingerprint density at radius 3 is 2.36 bits per heavy atom. The van der Waals surface area contributed by atoms with Crippen LogP contribution < -0.4 is 4.74 Å². The average Bonchev–Trinajstić information content (AvgIpc) is 2.50. The highest BCUT2D eigenvalue weighted by molar-refractivity contribution is 7.91. The summed E-state index contributed by atoms with van der Waals surface area (Å²) in [4.78, 5) is 0.350. The minimum absolute atomic E-state index is 0.121. The summed E-state index contributed by atoms with van der Waals surface area (Å²) in [5.41, 5.74) is 0.634. The van der Waals surface area contributed by atoms with Gasteiger partial charge in [0.15, 0.2) is 0 Å². The van der Waals surface area contributed by atoms with E-state index in [1.807, 2.05) is 6.92 Å². The Morgan fingerprint density at radius 2 is 1.77 bits per heavy atom. The number of hydrogen-bond donors (Lipinski definition) is 1. The molecule has 0 aliphatic rings. The standard InChI is InChI=1S/C17H18O4S/c1-3-5-13-12-16(10-11-17(13)18)22(19,20)15-8-6-14(7-9-15)21-4-2/h4,6-12,18H,2-3,5H2,1H3. The van der Waals surface area contributed by atoms with Crippen LogP contribution in [0.15, 0.2) is 65.1 Å². The zero-order valence-corrected chi connectivity index (χ0v) is 13.1. The van der Waals surface area contributed by atoms with Crippen molar-refractivity contribution in [2.75, 3.05) is 0 Å². The van der Waals surface area contributed by atoms with Gasteiger partial charge >= 0.3 is 0 Å². The zero-order chi connectivity index (χ0) is 16.2. The largest absolute Gasteiger partial charge is 0.508 e. The molecule has 0 heterocycles. The smallest absolute Gasteiger partial charge is 0.206 e. The van der Waals surface area contributed by atoms with E-state index in [-0.39, 0.29) is 15.5 Å². The molecule has 2 aromatic carbocycles. The molecule has 2 aromatic rings. The number of sulfone groups is 1. The Labute approximate surface area is 130 Å². The van der Waals surface area contributed by atoms with E-state index in [1.165, 1.54) is 36.6 Å². The molecule has 0 fully saturated rings. The second-order valence-electron chi connectivity index (χ2n) is 4.80. The zero-order valence-electron chi connectivity index (χ0n) is 12.3. The maximum absolute atomic E-state index is 12.6. The molecule has 116 valence electrons. The summed E-state index contributed by atoms with van der Waals surface area (Å²) in [6.07, 6.45) is 2.73. The molecule has 0 spiro atoms. The summed E-state index contributed by atoms with van der Waals surface area (Å²) in [6, 6.07) is 10.5. The summed E-state index contributed by atoms with van der Waals surface area (Å²) < 4.78 is 30.3. The second-order valence-corrected chi connectivity index (χ2v) is 6.75. The molecular formula is C17H18O4S. The highest BCUT2D eigenvalue weighted by atomic mass is 32.2. The number of aromatic hydroxyl groups is 1. The van der Waals surface area contributed by atoms with Gasteiger partial charge in [-0.15, -0.1) is 0 Å². The Balaban J connectivity index is 2.41. The Morgan fingerprint density at radius 1 is 1.14 bits per heavy atom. The van der Waals surface area contributed by atoms with E-state index in [1.54, 1.807) is 12.1 Å². The van der Waals surface area contributed by atoms with E-state index in [9.17, 15) is 13.5 Å². The van der Waals surface area contributed by atoms with Crippen LogP contribution in [0.3, 0.4) is 0 Å². The topological polar surface area (TPSA) is 63.6 Å². The fourth-order valence-corrected chi connectivity index (χ4v) is 3.44. The summed E-state index contributed by atoms with van der Waals surface area (Å²) >= 11 is 0. The quantitative estimate of drug-likeness (QED) is 0.825. The molecule has 2 rings (SSSR count). The fourth-order valence-electron chi connectivity index (χ4n) is 2.13.